The normalized spacial score (nSPS) is 18.8. The minimum atomic E-state index is -4.29. The number of nitrogens with zero attached hydrogens (tertiary/aromatic N) is 2. The van der Waals surface area contributed by atoms with Gasteiger partial charge in [0.1, 0.15) is 9.90 Å². The van der Waals surface area contributed by atoms with Crippen LogP contribution in [0.4, 0.5) is 10.1 Å². The maximum atomic E-state index is 14.3. The van der Waals surface area contributed by atoms with Crippen LogP contribution in [0, 0.1) is 11.3 Å². The fourth-order valence-corrected chi connectivity index (χ4v) is 9.09. The number of aliphatic hydroxyl groups excluding tert-OH is 1. The smallest absolute Gasteiger partial charge is 0.250 e. The van der Waals surface area contributed by atoms with Crippen molar-refractivity contribution in [3.05, 3.63) is 52.5 Å². The highest BCUT2D eigenvalue weighted by Gasteiger charge is 2.46. The number of halogens is 1. The molecule has 1 amide bonds. The zero-order valence-electron chi connectivity index (χ0n) is 24.6. The van der Waals surface area contributed by atoms with E-state index in [1.54, 1.807) is 11.8 Å². The van der Waals surface area contributed by atoms with Crippen molar-refractivity contribution in [3.63, 3.8) is 0 Å². The number of piperidine rings is 1. The summed E-state index contributed by atoms with van der Waals surface area (Å²) in [6.45, 7) is 6.68. The molecule has 1 atom stereocenters. The van der Waals surface area contributed by atoms with Crippen molar-refractivity contribution in [3.8, 4) is 0 Å². The lowest BCUT2D eigenvalue weighted by Gasteiger charge is -2.39. The highest BCUT2D eigenvalue weighted by molar-refractivity contribution is 7.89. The van der Waals surface area contributed by atoms with E-state index in [0.717, 1.165) is 23.1 Å². The molecule has 0 bridgehead atoms. The van der Waals surface area contributed by atoms with Gasteiger partial charge in [0.05, 0.1) is 29.2 Å². The van der Waals surface area contributed by atoms with Gasteiger partial charge in [-0.25, -0.2) is 13.4 Å². The van der Waals surface area contributed by atoms with E-state index in [1.807, 2.05) is 30.3 Å². The summed E-state index contributed by atoms with van der Waals surface area (Å²) < 4.78 is 45.3. The van der Waals surface area contributed by atoms with Crippen LogP contribution >= 0.6 is 11.3 Å². The minimum Gasteiger partial charge on any atom is -0.392 e. The molecule has 228 valence electrons. The number of hydrogen-bond acceptors (Lipinski definition) is 7. The lowest BCUT2D eigenvalue weighted by molar-refractivity contribution is -0.138. The Morgan fingerprint density at radius 2 is 1.95 bits per heavy atom. The van der Waals surface area contributed by atoms with Crippen LogP contribution in [0.2, 0.25) is 0 Å². The molecule has 1 aromatic heterocycles. The van der Waals surface area contributed by atoms with Gasteiger partial charge in [0.25, 0.3) is 5.91 Å². The minimum absolute atomic E-state index is 0.00467. The predicted octanol–water partition coefficient (Wildman–Crippen LogP) is 5.35. The van der Waals surface area contributed by atoms with Gasteiger partial charge in [0.15, 0.2) is 5.54 Å². The molecule has 1 saturated heterocycles. The van der Waals surface area contributed by atoms with Gasteiger partial charge in [-0.2, -0.15) is 4.72 Å². The molecular weight excluding hydrogens is 575 g/mol. The van der Waals surface area contributed by atoms with Crippen LogP contribution in [0.15, 0.2) is 41.3 Å². The fourth-order valence-electron chi connectivity index (χ4n) is 6.36. The lowest BCUT2D eigenvalue weighted by Crippen LogP contribution is -2.56. The third-order valence-corrected chi connectivity index (χ3v) is 12.2. The molecule has 0 spiro atoms. The molecular formula is C31H41FN4O4S2. The monoisotopic (exact) mass is 616 g/mol. The number of anilines is 1. The Hall–Kier alpha value is -2.60. The molecule has 2 aliphatic rings. The Kier molecular flexibility index (Phi) is 8.95. The van der Waals surface area contributed by atoms with Crippen LogP contribution < -0.4 is 10.0 Å². The number of fused-ring (bicyclic) bond motifs is 2. The molecule has 5 rings (SSSR count). The number of amides is 1. The highest BCUT2D eigenvalue weighted by Crippen LogP contribution is 2.42. The van der Waals surface area contributed by atoms with Gasteiger partial charge >= 0.3 is 0 Å². The zero-order chi connectivity index (χ0) is 30.1. The number of rotatable bonds is 10. The van der Waals surface area contributed by atoms with Crippen molar-refractivity contribution >= 4 is 43.2 Å². The molecule has 0 aliphatic carbocycles. The Labute approximate surface area is 251 Å². The first kappa shape index (κ1) is 30.8. The summed E-state index contributed by atoms with van der Waals surface area (Å²) >= 11 is 1.29. The van der Waals surface area contributed by atoms with E-state index in [9.17, 15) is 22.7 Å². The van der Waals surface area contributed by atoms with Crippen LogP contribution in [0.5, 0.6) is 0 Å². The number of carbonyl (C=O) groups is 1. The number of aromatic nitrogens is 1. The van der Waals surface area contributed by atoms with Crippen molar-refractivity contribution in [1.82, 2.24) is 14.6 Å². The quantitative estimate of drug-likeness (QED) is 0.283. The van der Waals surface area contributed by atoms with Gasteiger partial charge in [-0.05, 0) is 86.1 Å². The summed E-state index contributed by atoms with van der Waals surface area (Å²) in [4.78, 5) is 20.7. The number of nitrogens with one attached hydrogen (secondary N) is 2. The summed E-state index contributed by atoms with van der Waals surface area (Å²) in [5.41, 5.74) is 0.872. The number of sulfonamides is 1. The summed E-state index contributed by atoms with van der Waals surface area (Å²) in [6, 6.07) is 10.8. The summed E-state index contributed by atoms with van der Waals surface area (Å²) in [7, 11) is -4.29. The van der Waals surface area contributed by atoms with Crippen LogP contribution in [-0.2, 0) is 33.4 Å². The van der Waals surface area contributed by atoms with Gasteiger partial charge in [-0.3, -0.25) is 9.18 Å². The number of thiazole rings is 1. The number of benzene rings is 2. The van der Waals surface area contributed by atoms with E-state index < -0.39 is 15.6 Å². The lowest BCUT2D eigenvalue weighted by atomic mass is 9.74. The van der Waals surface area contributed by atoms with E-state index in [-0.39, 0.29) is 35.4 Å². The van der Waals surface area contributed by atoms with E-state index in [2.05, 4.69) is 23.9 Å². The second-order valence-corrected chi connectivity index (χ2v) is 14.6. The molecule has 0 radical (unpaired) electrons. The number of para-hydroxylation sites is 1. The number of carbonyl (C=O) groups excluding carboxylic acids is 1. The summed E-state index contributed by atoms with van der Waals surface area (Å²) in [6.07, 6.45) is 4.38. The molecule has 2 aromatic carbocycles. The average Bonchev–Trinajstić information content (AvgIpc) is 3.45. The Morgan fingerprint density at radius 1 is 1.24 bits per heavy atom. The van der Waals surface area contributed by atoms with Crippen LogP contribution in [0.1, 0.15) is 69.0 Å². The number of aliphatic hydroxyl groups is 1. The molecule has 8 nitrogen and oxygen atoms in total. The van der Waals surface area contributed by atoms with Gasteiger partial charge < -0.3 is 15.3 Å². The van der Waals surface area contributed by atoms with Crippen molar-refractivity contribution in [2.24, 2.45) is 11.3 Å². The Bertz CT molecular complexity index is 1510. The van der Waals surface area contributed by atoms with E-state index in [4.69, 9.17) is 4.98 Å². The van der Waals surface area contributed by atoms with E-state index in [0.29, 0.717) is 67.1 Å². The molecule has 11 heteroatoms. The van der Waals surface area contributed by atoms with Crippen molar-refractivity contribution in [1.29, 1.82) is 0 Å². The van der Waals surface area contributed by atoms with Crippen molar-refractivity contribution < 1.29 is 22.7 Å². The number of hydrogen-bond donors (Lipinski definition) is 3. The average molecular weight is 617 g/mol. The molecule has 1 fully saturated rings. The highest BCUT2D eigenvalue weighted by atomic mass is 32.2. The second kappa shape index (κ2) is 12.2. The van der Waals surface area contributed by atoms with Crippen LogP contribution in [0.25, 0.3) is 10.2 Å². The standard InChI is InChI=1S/C31H41FN4O4S2/c1-4-31(5-2)18-23-16-22(19-37)17-26(27(23)33-20-31)42(39,40)35-30(3,28-34-24-8-6-7-9-25(24)41-28)29(38)36-14-11-21(10-13-32)12-15-36/h6-9,16-17,21,33,35,37H,4-5,10-15,18-20H2,1-3H3/t30-/m1/s1. The Morgan fingerprint density at radius 3 is 2.60 bits per heavy atom. The van der Waals surface area contributed by atoms with Crippen molar-refractivity contribution in [2.75, 3.05) is 31.6 Å². The third kappa shape index (κ3) is 5.80. The Balaban J connectivity index is 1.56. The fraction of sp³-hybridized carbons (Fsp3) is 0.548. The van der Waals surface area contributed by atoms with Crippen LogP contribution in [0.3, 0.4) is 0 Å². The molecule has 3 heterocycles. The van der Waals surface area contributed by atoms with Crippen LogP contribution in [-0.4, -0.2) is 55.6 Å². The molecule has 42 heavy (non-hydrogen) atoms. The first-order valence-corrected chi connectivity index (χ1v) is 17.1. The molecule has 3 aromatic rings. The number of likely N-dealkylation sites (tertiary alicyclic amines) is 1. The largest absolute Gasteiger partial charge is 0.392 e. The van der Waals surface area contributed by atoms with Crippen molar-refractivity contribution in [2.45, 2.75) is 76.3 Å². The third-order valence-electron chi connectivity index (χ3n) is 9.33. The van der Waals surface area contributed by atoms with E-state index in [1.165, 1.54) is 17.4 Å². The summed E-state index contributed by atoms with van der Waals surface area (Å²) in [5.74, 6) is -0.165. The maximum absolute atomic E-state index is 14.3. The van der Waals surface area contributed by atoms with Gasteiger partial charge in [-0.1, -0.05) is 32.0 Å². The van der Waals surface area contributed by atoms with Gasteiger partial charge in [0.2, 0.25) is 10.0 Å². The SMILES string of the molecule is CCC1(CC)CNc2c(cc(CO)cc2S(=O)(=O)N[C@@](C)(C(=O)N2CCC(CCF)CC2)c2nc3ccccc3s2)C1. The zero-order valence-corrected chi connectivity index (χ0v) is 26.2. The summed E-state index contributed by atoms with van der Waals surface area (Å²) in [5, 5.41) is 13.8. The topological polar surface area (TPSA) is 112 Å². The molecule has 0 saturated carbocycles. The molecule has 2 aliphatic heterocycles. The van der Waals surface area contributed by atoms with Gasteiger partial charge in [-0.15, -0.1) is 11.3 Å². The predicted molar refractivity (Wildman–Crippen MR) is 165 cm³/mol. The molecule has 3 N–H and O–H groups in total. The molecule has 0 unspecified atom stereocenters. The second-order valence-electron chi connectivity index (χ2n) is 12.0. The number of alkyl halides is 1. The van der Waals surface area contributed by atoms with E-state index >= 15 is 0 Å². The maximum Gasteiger partial charge on any atom is 0.250 e. The first-order valence-electron chi connectivity index (χ1n) is 14.8. The first-order chi connectivity index (χ1) is 20.1. The van der Waals surface area contributed by atoms with Gasteiger partial charge in [0, 0.05) is 19.6 Å².